The Morgan fingerprint density at radius 3 is 1.61 bits per heavy atom. The van der Waals surface area contributed by atoms with Crippen LogP contribution < -0.4 is 0 Å². The van der Waals surface area contributed by atoms with Crippen molar-refractivity contribution in [1.82, 2.24) is 19.5 Å². The average Bonchev–Trinajstić information content (AvgIpc) is 4.13. The van der Waals surface area contributed by atoms with E-state index in [2.05, 4.69) is 162 Å². The molecule has 5 aromatic heterocycles. The first-order valence-electron chi connectivity index (χ1n) is 22.1. The highest BCUT2D eigenvalue weighted by Gasteiger charge is 2.23. The van der Waals surface area contributed by atoms with Gasteiger partial charge in [0.05, 0.1) is 11.0 Å². The Bertz CT molecular complexity index is 4420. The highest BCUT2D eigenvalue weighted by atomic mass is 32.1. The zero-order chi connectivity index (χ0) is 43.0. The molecule has 66 heavy (non-hydrogen) atoms. The zero-order valence-corrected chi connectivity index (χ0v) is 35.8. The maximum Gasteiger partial charge on any atom is 0.164 e. The van der Waals surface area contributed by atoms with Crippen LogP contribution in [0.1, 0.15) is 0 Å². The number of para-hydroxylation sites is 3. The van der Waals surface area contributed by atoms with Gasteiger partial charge in [-0.25, -0.2) is 15.0 Å². The van der Waals surface area contributed by atoms with E-state index in [1.54, 1.807) is 0 Å². The third-order valence-electron chi connectivity index (χ3n) is 13.4. The Balaban J connectivity index is 1.04. The standard InChI is InChI=1S/C59H32N4O2S/c1-2-13-35-28-49-46(27-34(35)12-1)40-15-5-8-18-48(40)63(49)38-31-47(55-45-26-21-33-11-3-4-14-39(33)56(45)66-54(55)32-38)59-61-57(36-22-24-43-41-16-6-9-19-50(41)64-52(43)29-36)60-58(62-59)37-23-25-44-42-17-7-10-20-51(42)65-53(44)30-37/h1-32H. The minimum Gasteiger partial charge on any atom is -0.456 e. The van der Waals surface area contributed by atoms with Crippen molar-refractivity contribution in [2.24, 2.45) is 0 Å². The molecule has 15 rings (SSSR count). The number of furan rings is 2. The van der Waals surface area contributed by atoms with Crippen molar-refractivity contribution in [1.29, 1.82) is 0 Å². The molecular weight excluding hydrogens is 829 g/mol. The molecule has 0 aliphatic heterocycles. The minimum absolute atomic E-state index is 0.550. The number of thiophene rings is 1. The highest BCUT2D eigenvalue weighted by molar-refractivity contribution is 7.26. The van der Waals surface area contributed by atoms with E-state index in [1.165, 1.54) is 42.4 Å². The van der Waals surface area contributed by atoms with Crippen molar-refractivity contribution in [3.8, 4) is 39.9 Å². The SMILES string of the molecule is c1ccc2cc3c(cc2c1)c1ccccc1n3-c1cc(-c2nc(-c3ccc4c(c3)oc3ccccc34)nc(-c3ccc4c(c3)oc3ccccc34)n2)c2c(c1)sc1c3ccccc3ccc12. The fourth-order valence-corrected chi connectivity index (χ4v) is 11.6. The number of benzene rings is 10. The zero-order valence-electron chi connectivity index (χ0n) is 35.0. The van der Waals surface area contributed by atoms with Gasteiger partial charge in [0, 0.05) is 74.9 Å². The number of aromatic nitrogens is 4. The van der Waals surface area contributed by atoms with Crippen LogP contribution >= 0.6 is 11.3 Å². The number of rotatable bonds is 4. The molecule has 0 N–H and O–H groups in total. The summed E-state index contributed by atoms with van der Waals surface area (Å²) < 4.78 is 17.6. The van der Waals surface area contributed by atoms with Gasteiger partial charge in [0.2, 0.25) is 0 Å². The molecule has 0 saturated carbocycles. The quantitative estimate of drug-likeness (QED) is 0.176. The summed E-state index contributed by atoms with van der Waals surface area (Å²) in [5.41, 5.74) is 9.14. The maximum absolute atomic E-state index is 6.42. The van der Waals surface area contributed by atoms with Crippen molar-refractivity contribution in [3.05, 3.63) is 194 Å². The first-order valence-corrected chi connectivity index (χ1v) is 22.9. The molecule has 0 unspecified atom stereocenters. The lowest BCUT2D eigenvalue weighted by Crippen LogP contribution is -2.01. The van der Waals surface area contributed by atoms with Gasteiger partial charge in [-0.1, -0.05) is 127 Å². The van der Waals surface area contributed by atoms with Crippen LogP contribution in [-0.4, -0.2) is 19.5 Å². The van der Waals surface area contributed by atoms with Crippen molar-refractivity contribution < 1.29 is 8.83 Å². The van der Waals surface area contributed by atoms with E-state index in [0.717, 1.165) is 87.4 Å². The second-order valence-corrected chi connectivity index (χ2v) is 18.2. The molecule has 0 bridgehead atoms. The van der Waals surface area contributed by atoms with E-state index < -0.39 is 0 Å². The average molecular weight is 861 g/mol. The van der Waals surface area contributed by atoms with E-state index >= 15 is 0 Å². The Morgan fingerprint density at radius 1 is 0.364 bits per heavy atom. The van der Waals surface area contributed by atoms with Gasteiger partial charge < -0.3 is 13.4 Å². The molecule has 0 atom stereocenters. The summed E-state index contributed by atoms with van der Waals surface area (Å²) >= 11 is 1.82. The second-order valence-electron chi connectivity index (χ2n) is 17.1. The van der Waals surface area contributed by atoms with Gasteiger partial charge in [0.25, 0.3) is 0 Å². The number of nitrogens with zero attached hydrogens (tertiary/aromatic N) is 4. The molecular formula is C59H32N4O2S. The van der Waals surface area contributed by atoms with Gasteiger partial charge in [0.15, 0.2) is 17.5 Å². The van der Waals surface area contributed by atoms with Gasteiger partial charge in [-0.3, -0.25) is 0 Å². The van der Waals surface area contributed by atoms with Crippen LogP contribution in [0.5, 0.6) is 0 Å². The molecule has 5 heterocycles. The van der Waals surface area contributed by atoms with Crippen LogP contribution in [0, 0.1) is 0 Å². The van der Waals surface area contributed by atoms with Crippen LogP contribution in [0.2, 0.25) is 0 Å². The first kappa shape index (κ1) is 35.8. The van der Waals surface area contributed by atoms with Crippen molar-refractivity contribution in [2.45, 2.75) is 0 Å². The smallest absolute Gasteiger partial charge is 0.164 e. The summed E-state index contributed by atoms with van der Waals surface area (Å²) in [5, 5.41) is 13.8. The summed E-state index contributed by atoms with van der Waals surface area (Å²) in [6, 6.07) is 68.6. The van der Waals surface area contributed by atoms with Gasteiger partial charge >= 0.3 is 0 Å². The second kappa shape index (κ2) is 13.4. The van der Waals surface area contributed by atoms with Gasteiger partial charge in [-0.2, -0.15) is 0 Å². The van der Waals surface area contributed by atoms with Crippen molar-refractivity contribution in [3.63, 3.8) is 0 Å². The van der Waals surface area contributed by atoms with Crippen LogP contribution in [0.4, 0.5) is 0 Å². The van der Waals surface area contributed by atoms with Crippen LogP contribution in [0.3, 0.4) is 0 Å². The monoisotopic (exact) mass is 860 g/mol. The Labute approximate surface area is 379 Å². The lowest BCUT2D eigenvalue weighted by molar-refractivity contribution is 0.668. The molecule has 0 radical (unpaired) electrons. The Kier molecular flexibility index (Phi) is 7.28. The molecule has 306 valence electrons. The number of fused-ring (bicyclic) bond motifs is 15. The summed E-state index contributed by atoms with van der Waals surface area (Å²) in [4.78, 5) is 16.2. The molecule has 0 spiro atoms. The normalized spacial score (nSPS) is 12.2. The molecule has 0 amide bonds. The number of hydrogen-bond acceptors (Lipinski definition) is 6. The van der Waals surface area contributed by atoms with E-state index in [4.69, 9.17) is 23.8 Å². The molecule has 15 aromatic rings. The van der Waals surface area contributed by atoms with Crippen LogP contribution in [0.25, 0.3) is 147 Å². The van der Waals surface area contributed by atoms with Crippen molar-refractivity contribution >= 4 is 119 Å². The third kappa shape index (κ3) is 5.20. The van der Waals surface area contributed by atoms with E-state index in [1.807, 2.05) is 47.7 Å². The van der Waals surface area contributed by atoms with Gasteiger partial charge in [-0.15, -0.1) is 11.3 Å². The lowest BCUT2D eigenvalue weighted by Gasteiger charge is -2.14. The third-order valence-corrected chi connectivity index (χ3v) is 14.6. The minimum atomic E-state index is 0.550. The molecule has 0 saturated heterocycles. The highest BCUT2D eigenvalue weighted by Crippen LogP contribution is 2.46. The molecule has 10 aromatic carbocycles. The van der Waals surface area contributed by atoms with Crippen molar-refractivity contribution in [2.75, 3.05) is 0 Å². The van der Waals surface area contributed by atoms with Crippen LogP contribution in [0.15, 0.2) is 203 Å². The fourth-order valence-electron chi connectivity index (χ4n) is 10.3. The topological polar surface area (TPSA) is 69.9 Å². The lowest BCUT2D eigenvalue weighted by atomic mass is 10.0. The van der Waals surface area contributed by atoms with Crippen LogP contribution in [-0.2, 0) is 0 Å². The van der Waals surface area contributed by atoms with E-state index in [9.17, 15) is 0 Å². The largest absolute Gasteiger partial charge is 0.456 e. The predicted molar refractivity (Wildman–Crippen MR) is 273 cm³/mol. The van der Waals surface area contributed by atoms with E-state index in [0.29, 0.717) is 17.5 Å². The fraction of sp³-hybridized carbons (Fsp3) is 0. The first-order chi connectivity index (χ1) is 32.7. The Morgan fingerprint density at radius 2 is 0.909 bits per heavy atom. The van der Waals surface area contributed by atoms with Gasteiger partial charge in [-0.05, 0) is 88.3 Å². The predicted octanol–water partition coefficient (Wildman–Crippen LogP) is 16.4. The van der Waals surface area contributed by atoms with E-state index in [-0.39, 0.29) is 0 Å². The Hall–Kier alpha value is -8.65. The number of hydrogen-bond donors (Lipinski definition) is 0. The van der Waals surface area contributed by atoms with Gasteiger partial charge in [0.1, 0.15) is 22.3 Å². The summed E-state index contributed by atoms with van der Waals surface area (Å²) in [6.07, 6.45) is 0. The maximum atomic E-state index is 6.42. The molecule has 0 fully saturated rings. The molecule has 7 heteroatoms. The molecule has 0 aliphatic carbocycles. The summed E-state index contributed by atoms with van der Waals surface area (Å²) in [6.45, 7) is 0. The molecule has 6 nitrogen and oxygen atoms in total. The summed E-state index contributed by atoms with van der Waals surface area (Å²) in [7, 11) is 0. The summed E-state index contributed by atoms with van der Waals surface area (Å²) in [5.74, 6) is 1.68. The molecule has 0 aliphatic rings.